The summed E-state index contributed by atoms with van der Waals surface area (Å²) in [6.45, 7) is 4.26. The van der Waals surface area contributed by atoms with Crippen molar-refractivity contribution >= 4 is 11.0 Å². The molecule has 1 aliphatic carbocycles. The van der Waals surface area contributed by atoms with Gasteiger partial charge in [-0.1, -0.05) is 13.8 Å². The minimum absolute atomic E-state index is 0.392. The van der Waals surface area contributed by atoms with E-state index in [1.807, 2.05) is 6.07 Å². The molecule has 1 aliphatic rings. The molecule has 3 rings (SSSR count). The number of aryl methyl sites for hydroxylation is 1. The molecule has 2 N–H and O–H groups in total. The van der Waals surface area contributed by atoms with E-state index in [0.29, 0.717) is 11.7 Å². The second-order valence-corrected chi connectivity index (χ2v) is 5.23. The Kier molecular flexibility index (Phi) is 2.35. The maximum Gasteiger partial charge on any atom is 0.121 e. The van der Waals surface area contributed by atoms with Gasteiger partial charge >= 0.3 is 0 Å². The van der Waals surface area contributed by atoms with Crippen LogP contribution in [0.15, 0.2) is 6.07 Å². The number of phenolic OH excluding ortho intramolecular Hbond substituents is 1. The van der Waals surface area contributed by atoms with Crippen LogP contribution in [0.4, 0.5) is 0 Å². The molecule has 0 unspecified atom stereocenters. The first-order chi connectivity index (χ1) is 8.16. The van der Waals surface area contributed by atoms with Crippen molar-refractivity contribution in [2.75, 3.05) is 0 Å². The van der Waals surface area contributed by atoms with Gasteiger partial charge in [-0.3, -0.25) is 0 Å². The highest BCUT2D eigenvalue weighted by Gasteiger charge is 2.19. The van der Waals surface area contributed by atoms with Crippen LogP contribution in [0, 0.1) is 0 Å². The van der Waals surface area contributed by atoms with Crippen LogP contribution in [-0.2, 0) is 12.8 Å². The third-order valence-corrected chi connectivity index (χ3v) is 3.64. The fourth-order valence-electron chi connectivity index (χ4n) is 2.69. The number of aromatic hydroxyl groups is 1. The summed E-state index contributed by atoms with van der Waals surface area (Å²) in [5.41, 5.74) is 4.42. The molecule has 3 nitrogen and oxygen atoms in total. The Morgan fingerprint density at radius 2 is 1.94 bits per heavy atom. The lowest BCUT2D eigenvalue weighted by Crippen LogP contribution is -2.03. The Morgan fingerprint density at radius 1 is 1.24 bits per heavy atom. The van der Waals surface area contributed by atoms with E-state index >= 15 is 0 Å². The average molecular weight is 230 g/mol. The summed E-state index contributed by atoms with van der Waals surface area (Å²) in [5.74, 6) is 1.84. The van der Waals surface area contributed by atoms with Crippen molar-refractivity contribution in [3.8, 4) is 5.75 Å². The predicted molar refractivity (Wildman–Crippen MR) is 68.5 cm³/mol. The van der Waals surface area contributed by atoms with E-state index in [1.54, 1.807) is 0 Å². The molecule has 1 aromatic carbocycles. The van der Waals surface area contributed by atoms with Crippen LogP contribution in [0.25, 0.3) is 11.0 Å². The quantitative estimate of drug-likeness (QED) is 0.790. The SMILES string of the molecule is CC(C)c1nc2c3c(c(O)cc2[nH]1)CCCC3. The largest absolute Gasteiger partial charge is 0.508 e. The molecule has 0 spiro atoms. The van der Waals surface area contributed by atoms with Gasteiger partial charge in [0.25, 0.3) is 0 Å². The van der Waals surface area contributed by atoms with E-state index < -0.39 is 0 Å². The molecule has 17 heavy (non-hydrogen) atoms. The van der Waals surface area contributed by atoms with Gasteiger partial charge in [-0.25, -0.2) is 4.98 Å². The second kappa shape index (κ2) is 3.76. The van der Waals surface area contributed by atoms with Gasteiger partial charge < -0.3 is 10.1 Å². The number of hydrogen-bond acceptors (Lipinski definition) is 2. The summed E-state index contributed by atoms with van der Waals surface area (Å²) < 4.78 is 0. The number of rotatable bonds is 1. The van der Waals surface area contributed by atoms with Crippen molar-refractivity contribution < 1.29 is 5.11 Å². The van der Waals surface area contributed by atoms with Crippen LogP contribution in [0.2, 0.25) is 0 Å². The van der Waals surface area contributed by atoms with Gasteiger partial charge in [0.05, 0.1) is 11.0 Å². The van der Waals surface area contributed by atoms with Crippen molar-refractivity contribution in [3.63, 3.8) is 0 Å². The highest BCUT2D eigenvalue weighted by atomic mass is 16.3. The number of nitrogens with zero attached hydrogens (tertiary/aromatic N) is 1. The molecular formula is C14H18N2O. The molecule has 90 valence electrons. The average Bonchev–Trinajstić information content (AvgIpc) is 2.73. The van der Waals surface area contributed by atoms with E-state index in [4.69, 9.17) is 4.98 Å². The van der Waals surface area contributed by atoms with Gasteiger partial charge in [-0.15, -0.1) is 0 Å². The van der Waals surface area contributed by atoms with Crippen LogP contribution in [-0.4, -0.2) is 15.1 Å². The topological polar surface area (TPSA) is 48.9 Å². The zero-order valence-corrected chi connectivity index (χ0v) is 10.4. The first kappa shape index (κ1) is 10.6. The van der Waals surface area contributed by atoms with Gasteiger partial charge in [-0.05, 0) is 36.8 Å². The van der Waals surface area contributed by atoms with Crippen LogP contribution >= 0.6 is 0 Å². The Hall–Kier alpha value is -1.51. The van der Waals surface area contributed by atoms with Gasteiger partial charge in [0.15, 0.2) is 0 Å². The summed E-state index contributed by atoms with van der Waals surface area (Å²) in [5, 5.41) is 10.1. The van der Waals surface area contributed by atoms with E-state index in [-0.39, 0.29) is 0 Å². The van der Waals surface area contributed by atoms with Gasteiger partial charge in [0.1, 0.15) is 11.6 Å². The van der Waals surface area contributed by atoms with Crippen molar-refractivity contribution in [2.24, 2.45) is 0 Å². The first-order valence-electron chi connectivity index (χ1n) is 6.40. The molecule has 2 aromatic rings. The third kappa shape index (κ3) is 1.61. The molecule has 0 aliphatic heterocycles. The Balaban J connectivity index is 2.28. The fraction of sp³-hybridized carbons (Fsp3) is 0.500. The molecule has 0 saturated carbocycles. The van der Waals surface area contributed by atoms with Crippen molar-refractivity contribution in [1.29, 1.82) is 0 Å². The van der Waals surface area contributed by atoms with Gasteiger partial charge in [0.2, 0.25) is 0 Å². The number of benzene rings is 1. The highest BCUT2D eigenvalue weighted by Crippen LogP contribution is 2.35. The number of fused-ring (bicyclic) bond motifs is 3. The van der Waals surface area contributed by atoms with E-state index in [9.17, 15) is 5.11 Å². The minimum atomic E-state index is 0.392. The zero-order valence-electron chi connectivity index (χ0n) is 10.4. The highest BCUT2D eigenvalue weighted by molar-refractivity contribution is 5.83. The summed E-state index contributed by atoms with van der Waals surface area (Å²) in [7, 11) is 0. The number of imidazole rings is 1. The summed E-state index contributed by atoms with van der Waals surface area (Å²) in [6, 6.07) is 1.83. The lowest BCUT2D eigenvalue weighted by molar-refractivity contribution is 0.463. The number of aromatic nitrogens is 2. The van der Waals surface area contributed by atoms with Crippen LogP contribution < -0.4 is 0 Å². The maximum atomic E-state index is 10.1. The van der Waals surface area contributed by atoms with Gasteiger partial charge in [0, 0.05) is 12.0 Å². The summed E-state index contributed by atoms with van der Waals surface area (Å²) in [6.07, 6.45) is 4.41. The number of H-pyrrole nitrogens is 1. The van der Waals surface area contributed by atoms with Crippen LogP contribution in [0.3, 0.4) is 0 Å². The Morgan fingerprint density at radius 3 is 2.65 bits per heavy atom. The molecule has 3 heteroatoms. The second-order valence-electron chi connectivity index (χ2n) is 5.23. The van der Waals surface area contributed by atoms with Crippen LogP contribution in [0.1, 0.15) is 49.6 Å². The molecular weight excluding hydrogens is 212 g/mol. The molecule has 0 bridgehead atoms. The Labute approximate surface area is 101 Å². The molecule has 0 atom stereocenters. The summed E-state index contributed by atoms with van der Waals surface area (Å²) >= 11 is 0. The monoisotopic (exact) mass is 230 g/mol. The van der Waals surface area contributed by atoms with Gasteiger partial charge in [-0.2, -0.15) is 0 Å². The minimum Gasteiger partial charge on any atom is -0.508 e. The third-order valence-electron chi connectivity index (χ3n) is 3.64. The standard InChI is InChI=1S/C14H18N2O/c1-8(2)14-15-11-7-12(17)9-5-3-4-6-10(9)13(11)16-14/h7-8,17H,3-6H2,1-2H3,(H,15,16). The van der Waals surface area contributed by atoms with Crippen molar-refractivity contribution in [1.82, 2.24) is 9.97 Å². The van der Waals surface area contributed by atoms with E-state index in [2.05, 4.69) is 18.8 Å². The van der Waals surface area contributed by atoms with E-state index in [1.165, 1.54) is 18.4 Å². The predicted octanol–water partition coefficient (Wildman–Crippen LogP) is 3.27. The van der Waals surface area contributed by atoms with Crippen LogP contribution in [0.5, 0.6) is 5.75 Å². The molecule has 0 amide bonds. The number of phenols is 1. The molecule has 0 fully saturated rings. The first-order valence-corrected chi connectivity index (χ1v) is 6.40. The molecule has 0 radical (unpaired) electrons. The van der Waals surface area contributed by atoms with Crippen molar-refractivity contribution in [2.45, 2.75) is 45.4 Å². The number of nitrogens with one attached hydrogen (secondary N) is 1. The molecule has 0 saturated heterocycles. The molecule has 1 heterocycles. The van der Waals surface area contributed by atoms with Crippen molar-refractivity contribution in [3.05, 3.63) is 23.0 Å². The summed E-state index contributed by atoms with van der Waals surface area (Å²) in [4.78, 5) is 8.01. The smallest absolute Gasteiger partial charge is 0.121 e. The molecule has 1 aromatic heterocycles. The lowest BCUT2D eigenvalue weighted by atomic mass is 9.90. The zero-order chi connectivity index (χ0) is 12.0. The normalized spacial score (nSPS) is 15.5. The Bertz CT molecular complexity index is 569. The van der Waals surface area contributed by atoms with E-state index in [0.717, 1.165) is 35.3 Å². The maximum absolute atomic E-state index is 10.1. The fourth-order valence-corrected chi connectivity index (χ4v) is 2.69. The number of aromatic amines is 1. The number of hydrogen-bond donors (Lipinski definition) is 2. The lowest BCUT2D eigenvalue weighted by Gasteiger charge is -2.16.